The van der Waals surface area contributed by atoms with Gasteiger partial charge in [-0.05, 0) is 25.7 Å². The molecule has 1 aliphatic heterocycles. The lowest BCUT2D eigenvalue weighted by Gasteiger charge is -2.25. The number of piperidine rings is 1. The first kappa shape index (κ1) is 10.4. The molecular formula is C10H19N2O. The van der Waals surface area contributed by atoms with Crippen molar-refractivity contribution in [2.75, 3.05) is 19.6 Å². The van der Waals surface area contributed by atoms with E-state index in [-0.39, 0.29) is 6.03 Å². The fourth-order valence-corrected chi connectivity index (χ4v) is 1.52. The molecular weight excluding hydrogens is 164 g/mol. The predicted octanol–water partition coefficient (Wildman–Crippen LogP) is 2.00. The first-order chi connectivity index (χ1) is 6.34. The summed E-state index contributed by atoms with van der Waals surface area (Å²) in [5, 5.41) is 4.02. The maximum absolute atomic E-state index is 11.4. The second kappa shape index (κ2) is 5.84. The van der Waals surface area contributed by atoms with E-state index in [0.717, 1.165) is 38.8 Å². The lowest BCUT2D eigenvalue weighted by Crippen LogP contribution is -2.39. The van der Waals surface area contributed by atoms with E-state index in [2.05, 4.69) is 12.2 Å². The van der Waals surface area contributed by atoms with Gasteiger partial charge in [0.2, 0.25) is 0 Å². The molecule has 75 valence electrons. The zero-order chi connectivity index (χ0) is 9.52. The van der Waals surface area contributed by atoms with E-state index < -0.39 is 0 Å². The van der Waals surface area contributed by atoms with Crippen LogP contribution in [0.15, 0.2) is 0 Å². The van der Waals surface area contributed by atoms with Crippen LogP contribution >= 0.6 is 0 Å². The van der Waals surface area contributed by atoms with Crippen molar-refractivity contribution in [2.24, 2.45) is 0 Å². The number of rotatable bonds is 3. The molecule has 0 aromatic carbocycles. The third-order valence-electron chi connectivity index (χ3n) is 2.39. The monoisotopic (exact) mass is 183 g/mol. The molecule has 1 rings (SSSR count). The molecule has 0 aliphatic carbocycles. The topological polar surface area (TPSA) is 34.4 Å². The Kier molecular flexibility index (Phi) is 4.65. The Balaban J connectivity index is 2.13. The Morgan fingerprint density at radius 1 is 1.31 bits per heavy atom. The minimum Gasteiger partial charge on any atom is -0.323 e. The standard InChI is InChI=1S/C10H19N2O/c1-2-3-7-11-10(13)12-8-5-4-6-9-12/h2-9H2,1H3. The highest BCUT2D eigenvalue weighted by molar-refractivity contribution is 5.73. The van der Waals surface area contributed by atoms with Gasteiger partial charge in [0.25, 0.3) is 0 Å². The summed E-state index contributed by atoms with van der Waals surface area (Å²) in [6.07, 6.45) is 5.69. The normalized spacial score (nSPS) is 17.2. The molecule has 0 aromatic rings. The van der Waals surface area contributed by atoms with Crippen molar-refractivity contribution in [3.63, 3.8) is 0 Å². The Hall–Kier alpha value is -0.730. The summed E-state index contributed by atoms with van der Waals surface area (Å²) in [5.74, 6) is 0. The second-order valence-corrected chi connectivity index (χ2v) is 3.57. The van der Waals surface area contributed by atoms with Crippen molar-refractivity contribution >= 4 is 6.03 Å². The molecule has 0 spiro atoms. The molecule has 0 unspecified atom stereocenters. The van der Waals surface area contributed by atoms with Gasteiger partial charge in [-0.1, -0.05) is 13.3 Å². The van der Waals surface area contributed by atoms with Crippen molar-refractivity contribution in [1.82, 2.24) is 10.2 Å². The lowest BCUT2D eigenvalue weighted by atomic mass is 10.1. The highest BCUT2D eigenvalue weighted by atomic mass is 16.2. The molecule has 1 radical (unpaired) electrons. The molecule has 3 heteroatoms. The van der Waals surface area contributed by atoms with Crippen LogP contribution in [0.1, 0.15) is 39.0 Å². The van der Waals surface area contributed by atoms with Crippen LogP contribution in [0.2, 0.25) is 0 Å². The smallest absolute Gasteiger partial charge is 0.323 e. The van der Waals surface area contributed by atoms with Gasteiger partial charge in [-0.2, -0.15) is 0 Å². The van der Waals surface area contributed by atoms with E-state index in [4.69, 9.17) is 0 Å². The third kappa shape index (κ3) is 3.66. The van der Waals surface area contributed by atoms with Crippen LogP contribution in [0.4, 0.5) is 4.79 Å². The molecule has 13 heavy (non-hydrogen) atoms. The van der Waals surface area contributed by atoms with E-state index in [9.17, 15) is 4.79 Å². The highest BCUT2D eigenvalue weighted by Gasteiger charge is 2.16. The SMILES string of the molecule is CCCC[N]C(=O)N1CCCCC1. The van der Waals surface area contributed by atoms with Crippen molar-refractivity contribution in [3.8, 4) is 0 Å². The summed E-state index contributed by atoms with van der Waals surface area (Å²) in [5.41, 5.74) is 0. The number of carbonyl (C=O) groups excluding carboxylic acids is 1. The van der Waals surface area contributed by atoms with Gasteiger partial charge in [-0.3, -0.25) is 0 Å². The van der Waals surface area contributed by atoms with Crippen molar-refractivity contribution < 1.29 is 4.79 Å². The van der Waals surface area contributed by atoms with E-state index in [1.165, 1.54) is 6.42 Å². The molecule has 0 bridgehead atoms. The first-order valence-corrected chi connectivity index (χ1v) is 5.31. The zero-order valence-electron chi connectivity index (χ0n) is 8.46. The maximum atomic E-state index is 11.4. The van der Waals surface area contributed by atoms with Crippen LogP contribution in [-0.4, -0.2) is 30.6 Å². The number of hydrogen-bond acceptors (Lipinski definition) is 1. The number of nitrogens with zero attached hydrogens (tertiary/aromatic N) is 2. The summed E-state index contributed by atoms with van der Waals surface area (Å²) in [7, 11) is 0. The van der Waals surface area contributed by atoms with E-state index in [1.807, 2.05) is 4.90 Å². The summed E-state index contributed by atoms with van der Waals surface area (Å²) < 4.78 is 0. The molecule has 0 saturated carbocycles. The van der Waals surface area contributed by atoms with Gasteiger partial charge in [0.1, 0.15) is 0 Å². The summed E-state index contributed by atoms with van der Waals surface area (Å²) >= 11 is 0. The average molecular weight is 183 g/mol. The van der Waals surface area contributed by atoms with Crippen LogP contribution < -0.4 is 5.32 Å². The largest absolute Gasteiger partial charge is 0.338 e. The van der Waals surface area contributed by atoms with Gasteiger partial charge in [-0.15, -0.1) is 0 Å². The van der Waals surface area contributed by atoms with E-state index in [0.29, 0.717) is 6.54 Å². The van der Waals surface area contributed by atoms with E-state index >= 15 is 0 Å². The molecule has 2 amide bonds. The minimum absolute atomic E-state index is 0.00755. The molecule has 0 atom stereocenters. The minimum atomic E-state index is 0.00755. The molecule has 1 fully saturated rings. The number of likely N-dealkylation sites (tertiary alicyclic amines) is 1. The lowest BCUT2D eigenvalue weighted by molar-refractivity contribution is 0.185. The van der Waals surface area contributed by atoms with Gasteiger partial charge in [0, 0.05) is 19.6 Å². The maximum Gasteiger partial charge on any atom is 0.338 e. The van der Waals surface area contributed by atoms with Crippen LogP contribution in [0.25, 0.3) is 0 Å². The number of urea groups is 1. The van der Waals surface area contributed by atoms with Crippen LogP contribution in [0.3, 0.4) is 0 Å². The molecule has 1 aliphatic rings. The molecule has 3 nitrogen and oxygen atoms in total. The fraction of sp³-hybridized carbons (Fsp3) is 0.900. The Labute approximate surface area is 80.5 Å². The number of carbonyl (C=O) groups is 1. The van der Waals surface area contributed by atoms with Crippen molar-refractivity contribution in [2.45, 2.75) is 39.0 Å². The number of amides is 2. The zero-order valence-corrected chi connectivity index (χ0v) is 8.46. The Morgan fingerprint density at radius 3 is 2.62 bits per heavy atom. The predicted molar refractivity (Wildman–Crippen MR) is 52.7 cm³/mol. The second-order valence-electron chi connectivity index (χ2n) is 3.57. The van der Waals surface area contributed by atoms with Crippen molar-refractivity contribution in [1.29, 1.82) is 0 Å². The Morgan fingerprint density at radius 2 is 2.00 bits per heavy atom. The Bertz CT molecular complexity index is 153. The van der Waals surface area contributed by atoms with Gasteiger partial charge in [0.15, 0.2) is 0 Å². The van der Waals surface area contributed by atoms with Crippen LogP contribution in [0.5, 0.6) is 0 Å². The summed E-state index contributed by atoms with van der Waals surface area (Å²) in [6.45, 7) is 4.63. The van der Waals surface area contributed by atoms with Crippen molar-refractivity contribution in [3.05, 3.63) is 0 Å². The van der Waals surface area contributed by atoms with Gasteiger partial charge >= 0.3 is 6.03 Å². The third-order valence-corrected chi connectivity index (χ3v) is 2.39. The molecule has 1 saturated heterocycles. The average Bonchev–Trinajstić information content (AvgIpc) is 2.19. The quantitative estimate of drug-likeness (QED) is 0.616. The van der Waals surface area contributed by atoms with Crippen LogP contribution in [-0.2, 0) is 0 Å². The summed E-state index contributed by atoms with van der Waals surface area (Å²) in [4.78, 5) is 13.3. The van der Waals surface area contributed by atoms with Crippen LogP contribution in [0, 0.1) is 0 Å². The summed E-state index contributed by atoms with van der Waals surface area (Å²) in [6, 6.07) is 0.00755. The number of unbranched alkanes of at least 4 members (excludes halogenated alkanes) is 1. The first-order valence-electron chi connectivity index (χ1n) is 5.31. The molecule has 0 aromatic heterocycles. The highest BCUT2D eigenvalue weighted by Crippen LogP contribution is 2.08. The van der Waals surface area contributed by atoms with E-state index in [1.54, 1.807) is 0 Å². The fourth-order valence-electron chi connectivity index (χ4n) is 1.52. The molecule has 1 heterocycles. The van der Waals surface area contributed by atoms with Gasteiger partial charge < -0.3 is 4.90 Å². The number of hydrogen-bond donors (Lipinski definition) is 0. The van der Waals surface area contributed by atoms with Gasteiger partial charge in [0.05, 0.1) is 0 Å². The molecule has 0 N–H and O–H groups in total. The van der Waals surface area contributed by atoms with Gasteiger partial charge in [-0.25, -0.2) is 10.1 Å².